The first kappa shape index (κ1) is 19.5. The van der Waals surface area contributed by atoms with Gasteiger partial charge in [0, 0.05) is 31.7 Å². The maximum atomic E-state index is 13.7. The number of rotatable bonds is 7. The number of benzene rings is 2. The van der Waals surface area contributed by atoms with Crippen molar-refractivity contribution in [1.82, 2.24) is 10.2 Å². The molecule has 1 fully saturated rings. The molecule has 1 atom stereocenters. The Hall–Kier alpha value is -2.31. The van der Waals surface area contributed by atoms with Crippen molar-refractivity contribution in [2.24, 2.45) is 11.7 Å². The number of carbonyl (C=O) groups is 1. The summed E-state index contributed by atoms with van der Waals surface area (Å²) >= 11 is 0. The Labute approximate surface area is 158 Å². The number of amides is 1. The Kier molecular flexibility index (Phi) is 6.53. The van der Waals surface area contributed by atoms with Crippen LogP contribution in [0, 0.1) is 17.6 Å². The normalized spacial score (nSPS) is 17.8. The van der Waals surface area contributed by atoms with E-state index in [1.54, 1.807) is 0 Å². The van der Waals surface area contributed by atoms with Crippen molar-refractivity contribution in [2.45, 2.75) is 32.5 Å². The lowest BCUT2D eigenvalue weighted by Gasteiger charge is -2.31. The number of piperidine rings is 1. The fourth-order valence-corrected chi connectivity index (χ4v) is 3.55. The Balaban J connectivity index is 1.54. The number of nitrogens with one attached hydrogen (secondary N) is 1. The van der Waals surface area contributed by atoms with Gasteiger partial charge in [0.2, 0.25) is 5.91 Å². The molecule has 1 aliphatic heterocycles. The first-order valence-corrected chi connectivity index (χ1v) is 9.25. The number of hydrogen-bond donors (Lipinski definition) is 2. The van der Waals surface area contributed by atoms with Crippen LogP contribution in [-0.2, 0) is 24.4 Å². The van der Waals surface area contributed by atoms with Gasteiger partial charge >= 0.3 is 0 Å². The summed E-state index contributed by atoms with van der Waals surface area (Å²) in [5.74, 6) is -1.13. The molecule has 0 saturated carbocycles. The van der Waals surface area contributed by atoms with Gasteiger partial charge in [0.1, 0.15) is 11.6 Å². The van der Waals surface area contributed by atoms with Crippen molar-refractivity contribution < 1.29 is 13.6 Å². The number of nitrogens with zero attached hydrogens (tertiary/aromatic N) is 1. The lowest BCUT2D eigenvalue weighted by Crippen LogP contribution is -2.40. The van der Waals surface area contributed by atoms with Crippen LogP contribution in [0.15, 0.2) is 42.5 Å². The molecule has 6 heteroatoms. The Bertz CT molecular complexity index is 797. The van der Waals surface area contributed by atoms with Crippen molar-refractivity contribution >= 4 is 5.91 Å². The van der Waals surface area contributed by atoms with Gasteiger partial charge in [-0.2, -0.15) is 0 Å². The molecule has 1 heterocycles. The predicted molar refractivity (Wildman–Crippen MR) is 101 cm³/mol. The Morgan fingerprint density at radius 3 is 2.78 bits per heavy atom. The standard InChI is InChI=1S/C21H25F2N3O/c22-19-6-7-20(23)18(10-19)12-25-11-15-3-1-4-16(9-15)13-26-8-2-5-17(14-26)21(24)27/h1,3-4,6-7,9-10,17,25H,2,5,8,11-14H2,(H2,24,27)/t17-/m1/s1. The second-order valence-electron chi connectivity index (χ2n) is 7.14. The molecular weight excluding hydrogens is 348 g/mol. The number of halogens is 2. The SMILES string of the molecule is NC(=O)[C@@H]1CCCN(Cc2cccc(CNCc3cc(F)ccc3F)c2)C1. The number of likely N-dealkylation sites (tertiary alicyclic amines) is 1. The zero-order valence-electron chi connectivity index (χ0n) is 15.3. The minimum Gasteiger partial charge on any atom is -0.369 e. The van der Waals surface area contributed by atoms with Crippen molar-refractivity contribution in [3.05, 3.63) is 70.8 Å². The molecular formula is C21H25F2N3O. The van der Waals surface area contributed by atoms with Crippen molar-refractivity contribution in [3.63, 3.8) is 0 Å². The zero-order chi connectivity index (χ0) is 19.2. The molecule has 0 radical (unpaired) electrons. The number of carbonyl (C=O) groups excluding carboxylic acids is 1. The van der Waals surface area contributed by atoms with Crippen LogP contribution >= 0.6 is 0 Å². The Morgan fingerprint density at radius 2 is 1.96 bits per heavy atom. The van der Waals surface area contributed by atoms with E-state index in [-0.39, 0.29) is 18.4 Å². The molecule has 0 spiro atoms. The highest BCUT2D eigenvalue weighted by Gasteiger charge is 2.23. The number of primary amides is 1. The van der Waals surface area contributed by atoms with Gasteiger partial charge in [-0.1, -0.05) is 24.3 Å². The largest absolute Gasteiger partial charge is 0.369 e. The van der Waals surface area contributed by atoms with Crippen LogP contribution in [0.3, 0.4) is 0 Å². The third-order valence-corrected chi connectivity index (χ3v) is 4.96. The smallest absolute Gasteiger partial charge is 0.221 e. The molecule has 144 valence electrons. The van der Waals surface area contributed by atoms with E-state index in [9.17, 15) is 13.6 Å². The monoisotopic (exact) mass is 373 g/mol. The molecule has 2 aromatic rings. The van der Waals surface area contributed by atoms with Gasteiger partial charge in [-0.15, -0.1) is 0 Å². The van der Waals surface area contributed by atoms with Gasteiger partial charge in [-0.3, -0.25) is 9.69 Å². The predicted octanol–water partition coefficient (Wildman–Crippen LogP) is 2.95. The highest BCUT2D eigenvalue weighted by Crippen LogP contribution is 2.19. The van der Waals surface area contributed by atoms with E-state index in [1.807, 2.05) is 12.1 Å². The van der Waals surface area contributed by atoms with Crippen LogP contribution in [-0.4, -0.2) is 23.9 Å². The molecule has 1 aliphatic rings. The molecule has 4 nitrogen and oxygen atoms in total. The summed E-state index contributed by atoms with van der Waals surface area (Å²) in [4.78, 5) is 13.7. The lowest BCUT2D eigenvalue weighted by atomic mass is 9.97. The molecule has 3 N–H and O–H groups in total. The Morgan fingerprint density at radius 1 is 1.15 bits per heavy atom. The van der Waals surface area contributed by atoms with Crippen LogP contribution in [0.2, 0.25) is 0 Å². The van der Waals surface area contributed by atoms with E-state index in [1.165, 1.54) is 6.07 Å². The summed E-state index contributed by atoms with van der Waals surface area (Å²) in [6.07, 6.45) is 1.85. The fraction of sp³-hybridized carbons (Fsp3) is 0.381. The third kappa shape index (κ3) is 5.58. The van der Waals surface area contributed by atoms with E-state index >= 15 is 0 Å². The van der Waals surface area contributed by atoms with E-state index in [0.29, 0.717) is 18.7 Å². The summed E-state index contributed by atoms with van der Waals surface area (Å²) in [6, 6.07) is 11.6. The molecule has 0 bridgehead atoms. The second kappa shape index (κ2) is 9.06. The summed E-state index contributed by atoms with van der Waals surface area (Å²) in [6.45, 7) is 3.27. The van der Waals surface area contributed by atoms with Crippen molar-refractivity contribution in [3.8, 4) is 0 Å². The zero-order valence-corrected chi connectivity index (χ0v) is 15.3. The first-order valence-electron chi connectivity index (χ1n) is 9.25. The molecule has 2 aromatic carbocycles. The van der Waals surface area contributed by atoms with Crippen LogP contribution in [0.25, 0.3) is 0 Å². The fourth-order valence-electron chi connectivity index (χ4n) is 3.55. The minimum atomic E-state index is -0.439. The van der Waals surface area contributed by atoms with E-state index in [0.717, 1.165) is 49.2 Å². The molecule has 1 amide bonds. The van der Waals surface area contributed by atoms with Crippen LogP contribution in [0.5, 0.6) is 0 Å². The van der Waals surface area contributed by atoms with Crippen LogP contribution in [0.1, 0.15) is 29.5 Å². The topological polar surface area (TPSA) is 58.4 Å². The summed E-state index contributed by atoms with van der Waals surface area (Å²) in [5, 5.41) is 3.16. The van der Waals surface area contributed by atoms with E-state index in [4.69, 9.17) is 5.73 Å². The summed E-state index contributed by atoms with van der Waals surface area (Å²) < 4.78 is 26.9. The van der Waals surface area contributed by atoms with E-state index in [2.05, 4.69) is 22.3 Å². The molecule has 0 unspecified atom stereocenters. The van der Waals surface area contributed by atoms with E-state index < -0.39 is 11.6 Å². The highest BCUT2D eigenvalue weighted by atomic mass is 19.1. The lowest BCUT2D eigenvalue weighted by molar-refractivity contribution is -0.123. The molecule has 0 aliphatic carbocycles. The van der Waals surface area contributed by atoms with Gasteiger partial charge in [0.15, 0.2) is 0 Å². The van der Waals surface area contributed by atoms with Crippen molar-refractivity contribution in [1.29, 1.82) is 0 Å². The average molecular weight is 373 g/mol. The van der Waals surface area contributed by atoms with Gasteiger partial charge in [0.05, 0.1) is 5.92 Å². The van der Waals surface area contributed by atoms with Gasteiger partial charge in [-0.05, 0) is 48.7 Å². The quantitative estimate of drug-likeness (QED) is 0.785. The highest BCUT2D eigenvalue weighted by molar-refractivity contribution is 5.76. The maximum absolute atomic E-state index is 13.7. The third-order valence-electron chi connectivity index (χ3n) is 4.96. The van der Waals surface area contributed by atoms with Crippen LogP contribution < -0.4 is 11.1 Å². The number of hydrogen-bond acceptors (Lipinski definition) is 3. The molecule has 0 aromatic heterocycles. The van der Waals surface area contributed by atoms with Gasteiger partial charge < -0.3 is 11.1 Å². The second-order valence-corrected chi connectivity index (χ2v) is 7.14. The van der Waals surface area contributed by atoms with Crippen molar-refractivity contribution in [2.75, 3.05) is 13.1 Å². The number of nitrogens with two attached hydrogens (primary N) is 1. The minimum absolute atomic E-state index is 0.0650. The summed E-state index contributed by atoms with van der Waals surface area (Å²) in [5.41, 5.74) is 8.00. The van der Waals surface area contributed by atoms with Crippen LogP contribution in [0.4, 0.5) is 8.78 Å². The molecule has 27 heavy (non-hydrogen) atoms. The first-order chi connectivity index (χ1) is 13.0. The molecule has 3 rings (SSSR count). The average Bonchev–Trinajstić information content (AvgIpc) is 2.65. The van der Waals surface area contributed by atoms with Gasteiger partial charge in [-0.25, -0.2) is 8.78 Å². The van der Waals surface area contributed by atoms with Gasteiger partial charge in [0.25, 0.3) is 0 Å². The maximum Gasteiger partial charge on any atom is 0.221 e. The summed E-state index contributed by atoms with van der Waals surface area (Å²) in [7, 11) is 0. The molecule has 1 saturated heterocycles.